The van der Waals surface area contributed by atoms with Crippen molar-refractivity contribution in [3.63, 3.8) is 0 Å². The van der Waals surface area contributed by atoms with Crippen molar-refractivity contribution in [2.75, 3.05) is 27.4 Å². The quantitative estimate of drug-likeness (QED) is 0.756. The van der Waals surface area contributed by atoms with Crippen LogP contribution in [0.2, 0.25) is 0 Å². The van der Waals surface area contributed by atoms with Crippen LogP contribution in [-0.4, -0.2) is 39.5 Å². The van der Waals surface area contributed by atoms with Gasteiger partial charge in [-0.3, -0.25) is 0 Å². The summed E-state index contributed by atoms with van der Waals surface area (Å²) in [7, 11) is 3.69. The summed E-state index contributed by atoms with van der Waals surface area (Å²) in [5.74, 6) is 1.66. The molecule has 0 radical (unpaired) electrons. The van der Waals surface area contributed by atoms with Crippen LogP contribution in [0, 0.1) is 11.8 Å². The third-order valence-electron chi connectivity index (χ3n) is 3.86. The zero-order valence-corrected chi connectivity index (χ0v) is 11.2. The summed E-state index contributed by atoms with van der Waals surface area (Å²) < 4.78 is 11.1. The van der Waals surface area contributed by atoms with E-state index in [0.29, 0.717) is 12.1 Å². The highest BCUT2D eigenvalue weighted by molar-refractivity contribution is 4.76. The summed E-state index contributed by atoms with van der Waals surface area (Å²) in [5, 5.41) is 3.21. The van der Waals surface area contributed by atoms with Crippen LogP contribution >= 0.6 is 0 Å². The van der Waals surface area contributed by atoms with E-state index >= 15 is 0 Å². The Labute approximate surface area is 99.9 Å². The molecule has 1 fully saturated rings. The third kappa shape index (κ3) is 4.40. The Hall–Kier alpha value is -0.120. The highest BCUT2D eigenvalue weighted by atomic mass is 16.5. The standard InChI is InChI=1S/C13H27NO2/c1-10-5-6-13(7-11(10)2)16-9-12(14-3)8-15-4/h10-14H,5-9H2,1-4H3. The minimum absolute atomic E-state index is 0.319. The number of hydrogen-bond acceptors (Lipinski definition) is 3. The van der Waals surface area contributed by atoms with E-state index in [4.69, 9.17) is 9.47 Å². The fourth-order valence-electron chi connectivity index (χ4n) is 2.32. The largest absolute Gasteiger partial charge is 0.383 e. The molecule has 0 amide bonds. The van der Waals surface area contributed by atoms with Gasteiger partial charge in [0.05, 0.1) is 25.4 Å². The van der Waals surface area contributed by atoms with Gasteiger partial charge in [0.15, 0.2) is 0 Å². The van der Waals surface area contributed by atoms with E-state index in [9.17, 15) is 0 Å². The topological polar surface area (TPSA) is 30.5 Å². The highest BCUT2D eigenvalue weighted by Crippen LogP contribution is 2.30. The highest BCUT2D eigenvalue weighted by Gasteiger charge is 2.25. The van der Waals surface area contributed by atoms with Gasteiger partial charge in [0, 0.05) is 7.11 Å². The van der Waals surface area contributed by atoms with Crippen molar-refractivity contribution in [2.45, 2.75) is 45.3 Å². The predicted molar refractivity (Wildman–Crippen MR) is 66.6 cm³/mol. The number of methoxy groups -OCH3 is 1. The van der Waals surface area contributed by atoms with Crippen LogP contribution in [-0.2, 0) is 9.47 Å². The number of rotatable bonds is 6. The van der Waals surface area contributed by atoms with Gasteiger partial charge in [-0.2, -0.15) is 0 Å². The molecule has 3 heteroatoms. The number of nitrogens with one attached hydrogen (secondary N) is 1. The van der Waals surface area contributed by atoms with E-state index in [1.165, 1.54) is 19.3 Å². The normalized spacial score (nSPS) is 32.6. The summed E-state index contributed by atoms with van der Waals surface area (Å²) in [6, 6.07) is 0.319. The Balaban J connectivity index is 2.21. The zero-order chi connectivity index (χ0) is 12.0. The second-order valence-corrected chi connectivity index (χ2v) is 5.16. The molecule has 4 unspecified atom stereocenters. The van der Waals surface area contributed by atoms with Gasteiger partial charge >= 0.3 is 0 Å². The Morgan fingerprint density at radius 2 is 1.94 bits per heavy atom. The maximum absolute atomic E-state index is 5.96. The molecule has 1 aliphatic rings. The summed E-state index contributed by atoms with van der Waals surface area (Å²) in [6.45, 7) is 6.17. The van der Waals surface area contributed by atoms with Crippen LogP contribution in [0.25, 0.3) is 0 Å². The maximum atomic E-state index is 5.96. The average molecular weight is 229 g/mol. The van der Waals surface area contributed by atoms with E-state index in [1.807, 2.05) is 7.05 Å². The van der Waals surface area contributed by atoms with Crippen molar-refractivity contribution in [2.24, 2.45) is 11.8 Å². The van der Waals surface area contributed by atoms with Crippen molar-refractivity contribution in [3.05, 3.63) is 0 Å². The Morgan fingerprint density at radius 1 is 1.19 bits per heavy atom. The lowest BCUT2D eigenvalue weighted by molar-refractivity contribution is -0.0155. The van der Waals surface area contributed by atoms with Crippen molar-refractivity contribution < 1.29 is 9.47 Å². The Kier molecular flexibility index (Phi) is 6.32. The third-order valence-corrected chi connectivity index (χ3v) is 3.86. The van der Waals surface area contributed by atoms with Crippen molar-refractivity contribution in [3.8, 4) is 0 Å². The number of ether oxygens (including phenoxy) is 2. The molecule has 1 saturated carbocycles. The van der Waals surface area contributed by atoms with E-state index < -0.39 is 0 Å². The first-order chi connectivity index (χ1) is 7.67. The van der Waals surface area contributed by atoms with E-state index in [2.05, 4.69) is 19.2 Å². The SMILES string of the molecule is CNC(COC)COC1CCC(C)C(C)C1. The summed E-state index contributed by atoms with van der Waals surface area (Å²) in [6.07, 6.45) is 4.19. The molecular formula is C13H27NO2. The summed E-state index contributed by atoms with van der Waals surface area (Å²) >= 11 is 0. The smallest absolute Gasteiger partial charge is 0.0645 e. The first-order valence-electron chi connectivity index (χ1n) is 6.45. The van der Waals surface area contributed by atoms with Gasteiger partial charge in [-0.25, -0.2) is 0 Å². The molecule has 0 aromatic carbocycles. The Bertz CT molecular complexity index is 187. The molecular weight excluding hydrogens is 202 g/mol. The van der Waals surface area contributed by atoms with Gasteiger partial charge in [-0.1, -0.05) is 13.8 Å². The fraction of sp³-hybridized carbons (Fsp3) is 1.00. The van der Waals surface area contributed by atoms with Crippen LogP contribution in [0.5, 0.6) is 0 Å². The van der Waals surface area contributed by atoms with E-state index in [-0.39, 0.29) is 0 Å². The molecule has 0 spiro atoms. The lowest BCUT2D eigenvalue weighted by atomic mass is 9.80. The Morgan fingerprint density at radius 3 is 2.50 bits per heavy atom. The fourth-order valence-corrected chi connectivity index (χ4v) is 2.32. The first kappa shape index (κ1) is 13.9. The van der Waals surface area contributed by atoms with Gasteiger partial charge in [-0.15, -0.1) is 0 Å². The molecule has 1 rings (SSSR count). The molecule has 1 N–H and O–H groups in total. The lowest BCUT2D eigenvalue weighted by Gasteiger charge is -2.32. The molecule has 0 saturated heterocycles. The van der Waals surface area contributed by atoms with Crippen LogP contribution in [0.1, 0.15) is 33.1 Å². The second kappa shape index (κ2) is 7.25. The maximum Gasteiger partial charge on any atom is 0.0645 e. The van der Waals surface area contributed by atoms with Crippen LogP contribution in [0.3, 0.4) is 0 Å². The second-order valence-electron chi connectivity index (χ2n) is 5.16. The van der Waals surface area contributed by atoms with Gasteiger partial charge in [0.2, 0.25) is 0 Å². The van der Waals surface area contributed by atoms with Gasteiger partial charge in [-0.05, 0) is 38.1 Å². The molecule has 0 bridgehead atoms. The van der Waals surface area contributed by atoms with Gasteiger partial charge in [0.1, 0.15) is 0 Å². The molecule has 3 nitrogen and oxygen atoms in total. The molecule has 96 valence electrons. The average Bonchev–Trinajstić information content (AvgIpc) is 2.28. The van der Waals surface area contributed by atoms with E-state index in [1.54, 1.807) is 7.11 Å². The molecule has 1 aliphatic carbocycles. The number of likely N-dealkylation sites (N-methyl/N-ethyl adjacent to an activating group) is 1. The summed E-state index contributed by atoms with van der Waals surface area (Å²) in [5.41, 5.74) is 0. The van der Waals surface area contributed by atoms with Crippen molar-refractivity contribution >= 4 is 0 Å². The predicted octanol–water partition coefficient (Wildman–Crippen LogP) is 2.06. The van der Waals surface area contributed by atoms with Crippen molar-refractivity contribution in [1.29, 1.82) is 0 Å². The first-order valence-corrected chi connectivity index (χ1v) is 6.45. The summed E-state index contributed by atoms with van der Waals surface area (Å²) in [4.78, 5) is 0. The molecule has 4 atom stereocenters. The zero-order valence-electron chi connectivity index (χ0n) is 11.2. The van der Waals surface area contributed by atoms with E-state index in [0.717, 1.165) is 25.0 Å². The monoisotopic (exact) mass is 229 g/mol. The van der Waals surface area contributed by atoms with Crippen LogP contribution in [0.15, 0.2) is 0 Å². The molecule has 0 heterocycles. The molecule has 0 aromatic rings. The van der Waals surface area contributed by atoms with Crippen molar-refractivity contribution in [1.82, 2.24) is 5.32 Å². The number of hydrogen-bond donors (Lipinski definition) is 1. The molecule has 16 heavy (non-hydrogen) atoms. The van der Waals surface area contributed by atoms with Crippen LogP contribution in [0.4, 0.5) is 0 Å². The van der Waals surface area contributed by atoms with Gasteiger partial charge < -0.3 is 14.8 Å². The lowest BCUT2D eigenvalue weighted by Crippen LogP contribution is -2.37. The minimum Gasteiger partial charge on any atom is -0.383 e. The minimum atomic E-state index is 0.319. The van der Waals surface area contributed by atoms with Gasteiger partial charge in [0.25, 0.3) is 0 Å². The van der Waals surface area contributed by atoms with Crippen LogP contribution < -0.4 is 5.32 Å². The molecule has 0 aliphatic heterocycles. The molecule has 0 aromatic heterocycles.